The molecule has 0 aliphatic carbocycles. The molecule has 0 atom stereocenters. The molecule has 0 aliphatic heterocycles. The minimum Gasteiger partial charge on any atom is -0.318 e. The molecule has 3 heteroatoms. The molecule has 0 amide bonds. The average molecular weight is 144 g/mol. The van der Waals surface area contributed by atoms with E-state index in [1.54, 1.807) is 0 Å². The van der Waals surface area contributed by atoms with Gasteiger partial charge in [0.1, 0.15) is 6.72 Å². The first kappa shape index (κ1) is 9.59. The summed E-state index contributed by atoms with van der Waals surface area (Å²) in [5, 5.41) is 3.10. The van der Waals surface area contributed by atoms with Crippen molar-refractivity contribution < 1.29 is 4.99 Å². The van der Waals surface area contributed by atoms with Crippen LogP contribution >= 0.6 is 0 Å². The van der Waals surface area contributed by atoms with Crippen LogP contribution in [0.15, 0.2) is 0 Å². The van der Waals surface area contributed by atoms with E-state index in [1.165, 1.54) is 0 Å². The molecule has 0 saturated carbocycles. The molecule has 0 aromatic rings. The van der Waals surface area contributed by atoms with Crippen LogP contribution in [0.5, 0.6) is 0 Å². The van der Waals surface area contributed by atoms with E-state index in [0.717, 1.165) is 26.2 Å². The van der Waals surface area contributed by atoms with Crippen LogP contribution in [0.2, 0.25) is 0 Å². The minimum absolute atomic E-state index is 0.959. The van der Waals surface area contributed by atoms with Gasteiger partial charge in [-0.3, -0.25) is 9.89 Å². The minimum atomic E-state index is 0.959. The Morgan fingerprint density at radius 3 is 2.70 bits per heavy atom. The van der Waals surface area contributed by atoms with Crippen LogP contribution in [0.3, 0.4) is 0 Å². The SMILES string of the molecule is C=[NH+]CCN(C)CCNC. The molecule has 0 aromatic carbocycles. The van der Waals surface area contributed by atoms with E-state index in [0.29, 0.717) is 0 Å². The molecule has 0 aliphatic rings. The fourth-order valence-corrected chi connectivity index (χ4v) is 0.684. The quantitative estimate of drug-likeness (QED) is 0.419. The highest BCUT2D eigenvalue weighted by Crippen LogP contribution is 1.75. The van der Waals surface area contributed by atoms with Crippen molar-refractivity contribution in [1.82, 2.24) is 10.2 Å². The normalized spacial score (nSPS) is 10.3. The first-order valence-corrected chi connectivity index (χ1v) is 3.64. The van der Waals surface area contributed by atoms with Gasteiger partial charge < -0.3 is 5.32 Å². The number of hydrogen-bond donors (Lipinski definition) is 2. The summed E-state index contributed by atoms with van der Waals surface area (Å²) in [6.45, 7) is 7.71. The molecule has 0 aromatic heterocycles. The maximum Gasteiger partial charge on any atom is 0.152 e. The fraction of sp³-hybridized carbons (Fsp3) is 0.857. The predicted octanol–water partition coefficient (Wildman–Crippen LogP) is -2.08. The summed E-state index contributed by atoms with van der Waals surface area (Å²) in [5.74, 6) is 0. The number of rotatable bonds is 6. The Bertz CT molecular complexity index is 82.9. The summed E-state index contributed by atoms with van der Waals surface area (Å²) in [7, 11) is 4.07. The van der Waals surface area contributed by atoms with Crippen molar-refractivity contribution in [1.29, 1.82) is 0 Å². The monoisotopic (exact) mass is 144 g/mol. The highest BCUT2D eigenvalue weighted by molar-refractivity contribution is 5.12. The molecule has 0 unspecified atom stereocenters. The molecule has 0 fully saturated rings. The predicted molar refractivity (Wildman–Crippen MR) is 44.4 cm³/mol. The summed E-state index contributed by atoms with van der Waals surface area (Å²) in [6.07, 6.45) is 0. The van der Waals surface area contributed by atoms with Gasteiger partial charge >= 0.3 is 0 Å². The Morgan fingerprint density at radius 1 is 1.50 bits per heavy atom. The summed E-state index contributed by atoms with van der Waals surface area (Å²) in [5.41, 5.74) is 0. The van der Waals surface area contributed by atoms with Gasteiger partial charge in [0.2, 0.25) is 0 Å². The number of likely N-dealkylation sites (N-methyl/N-ethyl adjacent to an activating group) is 2. The van der Waals surface area contributed by atoms with Gasteiger partial charge in [-0.2, -0.15) is 0 Å². The molecule has 0 rings (SSSR count). The lowest BCUT2D eigenvalue weighted by Gasteiger charge is -2.12. The van der Waals surface area contributed by atoms with Crippen molar-refractivity contribution >= 4 is 6.72 Å². The molecular formula is C7H18N3+. The van der Waals surface area contributed by atoms with Crippen LogP contribution in [0, 0.1) is 0 Å². The van der Waals surface area contributed by atoms with Gasteiger partial charge in [-0.1, -0.05) is 0 Å². The van der Waals surface area contributed by atoms with E-state index in [9.17, 15) is 0 Å². The summed E-state index contributed by atoms with van der Waals surface area (Å²) in [4.78, 5) is 5.12. The van der Waals surface area contributed by atoms with Crippen molar-refractivity contribution in [2.45, 2.75) is 0 Å². The van der Waals surface area contributed by atoms with E-state index in [2.05, 4.69) is 29.0 Å². The molecule has 0 heterocycles. The van der Waals surface area contributed by atoms with Gasteiger partial charge in [0, 0.05) is 13.1 Å². The van der Waals surface area contributed by atoms with E-state index in [-0.39, 0.29) is 0 Å². The number of hydrogen-bond acceptors (Lipinski definition) is 2. The second-order valence-electron chi connectivity index (χ2n) is 2.41. The molecule has 3 nitrogen and oxygen atoms in total. The fourth-order valence-electron chi connectivity index (χ4n) is 0.684. The smallest absolute Gasteiger partial charge is 0.152 e. The number of nitrogens with one attached hydrogen (secondary N) is 2. The van der Waals surface area contributed by atoms with Crippen molar-refractivity contribution in [3.05, 3.63) is 0 Å². The van der Waals surface area contributed by atoms with E-state index in [1.807, 2.05) is 7.05 Å². The second kappa shape index (κ2) is 6.71. The third-order valence-corrected chi connectivity index (χ3v) is 1.41. The molecule has 0 saturated heterocycles. The van der Waals surface area contributed by atoms with Crippen molar-refractivity contribution in [3.8, 4) is 0 Å². The lowest BCUT2D eigenvalue weighted by molar-refractivity contribution is -0.447. The largest absolute Gasteiger partial charge is 0.318 e. The summed E-state index contributed by atoms with van der Waals surface area (Å²) >= 11 is 0. The van der Waals surface area contributed by atoms with Gasteiger partial charge in [0.15, 0.2) is 6.54 Å². The summed E-state index contributed by atoms with van der Waals surface area (Å²) < 4.78 is 0. The van der Waals surface area contributed by atoms with E-state index in [4.69, 9.17) is 0 Å². The van der Waals surface area contributed by atoms with Gasteiger partial charge in [-0.25, -0.2) is 0 Å². The molecule has 60 valence electrons. The Labute approximate surface area is 63.1 Å². The van der Waals surface area contributed by atoms with Gasteiger partial charge in [-0.15, -0.1) is 0 Å². The van der Waals surface area contributed by atoms with Gasteiger partial charge in [0.25, 0.3) is 0 Å². The van der Waals surface area contributed by atoms with E-state index < -0.39 is 0 Å². The summed E-state index contributed by atoms with van der Waals surface area (Å²) in [6, 6.07) is 0. The lowest BCUT2D eigenvalue weighted by atomic mass is 10.5. The highest BCUT2D eigenvalue weighted by atomic mass is 15.1. The molecule has 2 N–H and O–H groups in total. The average Bonchev–Trinajstić information content (AvgIpc) is 1.97. The van der Waals surface area contributed by atoms with Crippen LogP contribution in [0.1, 0.15) is 0 Å². The van der Waals surface area contributed by atoms with Crippen LogP contribution in [-0.4, -0.2) is 51.9 Å². The highest BCUT2D eigenvalue weighted by Gasteiger charge is 1.95. The Balaban J connectivity index is 3.07. The zero-order chi connectivity index (χ0) is 7.82. The van der Waals surface area contributed by atoms with E-state index >= 15 is 0 Å². The molecule has 0 bridgehead atoms. The first-order valence-electron chi connectivity index (χ1n) is 3.64. The van der Waals surface area contributed by atoms with Crippen molar-refractivity contribution in [2.24, 2.45) is 0 Å². The molecular weight excluding hydrogens is 126 g/mol. The third-order valence-electron chi connectivity index (χ3n) is 1.41. The molecule has 0 radical (unpaired) electrons. The van der Waals surface area contributed by atoms with Crippen LogP contribution < -0.4 is 10.3 Å². The van der Waals surface area contributed by atoms with Crippen LogP contribution in [-0.2, 0) is 0 Å². The zero-order valence-corrected chi connectivity index (χ0v) is 6.98. The lowest BCUT2D eigenvalue weighted by Crippen LogP contribution is -2.68. The maximum absolute atomic E-state index is 3.55. The van der Waals surface area contributed by atoms with Crippen LogP contribution in [0.4, 0.5) is 0 Å². The molecule has 10 heavy (non-hydrogen) atoms. The molecule has 0 spiro atoms. The van der Waals surface area contributed by atoms with Crippen LogP contribution in [0.25, 0.3) is 0 Å². The van der Waals surface area contributed by atoms with Crippen molar-refractivity contribution in [3.63, 3.8) is 0 Å². The number of nitrogens with zero attached hydrogens (tertiary/aromatic N) is 1. The first-order chi connectivity index (χ1) is 4.81. The Kier molecular flexibility index (Phi) is 6.43. The van der Waals surface area contributed by atoms with Gasteiger partial charge in [0.05, 0.1) is 6.54 Å². The maximum atomic E-state index is 3.55. The Hall–Kier alpha value is -0.410. The Morgan fingerprint density at radius 2 is 2.20 bits per heavy atom. The van der Waals surface area contributed by atoms with Crippen molar-refractivity contribution in [2.75, 3.05) is 40.3 Å². The standard InChI is InChI=1S/C7H17N3/c1-8-4-6-10(3)7-5-9-2/h9H,1,4-7H2,2-3H3/p+1. The second-order valence-corrected chi connectivity index (χ2v) is 2.41. The third kappa shape index (κ3) is 5.72. The topological polar surface area (TPSA) is 29.2 Å². The van der Waals surface area contributed by atoms with Gasteiger partial charge in [-0.05, 0) is 14.1 Å². The zero-order valence-electron chi connectivity index (χ0n) is 6.98.